The number of carbonyl (C=O) groups excluding carboxylic acids is 3. The zero-order chi connectivity index (χ0) is 22.8. The molecule has 0 bridgehead atoms. The van der Waals surface area contributed by atoms with Gasteiger partial charge in [0.25, 0.3) is 11.1 Å². The van der Waals surface area contributed by atoms with Crippen molar-refractivity contribution < 1.29 is 23.2 Å². The predicted octanol–water partition coefficient (Wildman–Crippen LogP) is 4.55. The largest absolute Gasteiger partial charge is 0.369 e. The molecule has 0 unspecified atom stereocenters. The number of hydrogen-bond donors (Lipinski definition) is 1. The van der Waals surface area contributed by atoms with Gasteiger partial charge in [-0.1, -0.05) is 12.1 Å². The molecule has 3 amide bonds. The van der Waals surface area contributed by atoms with Gasteiger partial charge in [0.05, 0.1) is 16.3 Å². The Balaban J connectivity index is 1.49. The quantitative estimate of drug-likeness (QED) is 0.668. The highest BCUT2D eigenvalue weighted by atomic mass is 32.2. The summed E-state index contributed by atoms with van der Waals surface area (Å²) in [6.45, 7) is 2.89. The van der Waals surface area contributed by atoms with Gasteiger partial charge in [-0.25, -0.2) is 8.78 Å². The van der Waals surface area contributed by atoms with E-state index in [0.29, 0.717) is 23.0 Å². The van der Waals surface area contributed by atoms with Gasteiger partial charge >= 0.3 is 0 Å². The molecule has 4 rings (SSSR count). The summed E-state index contributed by atoms with van der Waals surface area (Å²) in [7, 11) is 0. The second kappa shape index (κ2) is 9.12. The number of carbonyl (C=O) groups is 3. The van der Waals surface area contributed by atoms with Crippen molar-refractivity contribution in [2.24, 2.45) is 0 Å². The van der Waals surface area contributed by atoms with E-state index in [0.717, 1.165) is 36.4 Å². The summed E-state index contributed by atoms with van der Waals surface area (Å²) in [5, 5.41) is 1.74. The molecular formula is C23H21F2N3O3S. The van der Waals surface area contributed by atoms with Crippen molar-refractivity contribution in [3.63, 3.8) is 0 Å². The van der Waals surface area contributed by atoms with Gasteiger partial charge in [-0.2, -0.15) is 0 Å². The topological polar surface area (TPSA) is 69.7 Å². The first-order chi connectivity index (χ1) is 15.3. The number of rotatable bonds is 5. The van der Waals surface area contributed by atoms with E-state index in [1.165, 1.54) is 30.3 Å². The molecule has 2 aliphatic rings. The van der Waals surface area contributed by atoms with Gasteiger partial charge < -0.3 is 10.2 Å². The van der Waals surface area contributed by atoms with E-state index < -0.39 is 29.4 Å². The molecule has 2 aromatic carbocycles. The maximum atomic E-state index is 14.7. The van der Waals surface area contributed by atoms with Crippen molar-refractivity contribution >= 4 is 46.3 Å². The molecule has 9 heteroatoms. The first kappa shape index (κ1) is 22.0. The molecule has 0 aliphatic carbocycles. The lowest BCUT2D eigenvalue weighted by Crippen LogP contribution is -2.36. The fourth-order valence-electron chi connectivity index (χ4n) is 3.71. The van der Waals surface area contributed by atoms with Crippen LogP contribution in [0.3, 0.4) is 0 Å². The van der Waals surface area contributed by atoms with Crippen LogP contribution in [0.15, 0.2) is 41.3 Å². The molecule has 0 saturated carbocycles. The first-order valence-electron chi connectivity index (χ1n) is 10.2. The van der Waals surface area contributed by atoms with E-state index in [1.54, 1.807) is 12.1 Å². The number of aryl methyl sites for hydroxylation is 1. The molecule has 2 aliphatic heterocycles. The smallest absolute Gasteiger partial charge is 0.294 e. The number of nitrogens with one attached hydrogen (secondary N) is 1. The molecule has 1 N–H and O–H groups in total. The van der Waals surface area contributed by atoms with Crippen molar-refractivity contribution in [3.05, 3.63) is 64.1 Å². The zero-order valence-corrected chi connectivity index (χ0v) is 18.2. The Morgan fingerprint density at radius 3 is 2.56 bits per heavy atom. The normalized spacial score (nSPS) is 17.5. The number of hydrogen-bond acceptors (Lipinski definition) is 5. The second-order valence-electron chi connectivity index (χ2n) is 7.65. The van der Waals surface area contributed by atoms with Crippen LogP contribution in [0.1, 0.15) is 24.0 Å². The Kier molecular flexibility index (Phi) is 6.27. The van der Waals surface area contributed by atoms with Crippen LogP contribution < -0.4 is 10.2 Å². The number of thioether (sulfide) groups is 1. The van der Waals surface area contributed by atoms with Gasteiger partial charge in [0, 0.05) is 13.1 Å². The SMILES string of the molecule is Cc1cc(N2CCCC2)c(F)cc1C=C1SC(=O)N(CC(=O)Nc2ccccc2F)C1=O. The van der Waals surface area contributed by atoms with E-state index in [4.69, 9.17) is 0 Å². The van der Waals surface area contributed by atoms with Crippen LogP contribution in [0.25, 0.3) is 6.08 Å². The third-order valence-electron chi connectivity index (χ3n) is 5.39. The van der Waals surface area contributed by atoms with Crippen LogP contribution in [0.5, 0.6) is 0 Å². The van der Waals surface area contributed by atoms with E-state index in [9.17, 15) is 23.2 Å². The monoisotopic (exact) mass is 457 g/mol. The van der Waals surface area contributed by atoms with Crippen LogP contribution >= 0.6 is 11.8 Å². The fourth-order valence-corrected chi connectivity index (χ4v) is 4.54. The van der Waals surface area contributed by atoms with Gasteiger partial charge in [0.2, 0.25) is 5.91 Å². The Labute approximate surface area is 188 Å². The van der Waals surface area contributed by atoms with Gasteiger partial charge in [0.1, 0.15) is 18.2 Å². The Morgan fingerprint density at radius 2 is 1.84 bits per heavy atom. The summed E-state index contributed by atoms with van der Waals surface area (Å²) in [6, 6.07) is 8.71. The minimum Gasteiger partial charge on any atom is -0.369 e. The molecule has 2 saturated heterocycles. The molecule has 0 spiro atoms. The maximum absolute atomic E-state index is 14.7. The Hall–Kier alpha value is -3.20. The van der Waals surface area contributed by atoms with Gasteiger partial charge in [-0.05, 0) is 73.0 Å². The highest BCUT2D eigenvalue weighted by Gasteiger charge is 2.36. The Morgan fingerprint density at radius 1 is 1.12 bits per heavy atom. The van der Waals surface area contributed by atoms with Crippen molar-refractivity contribution in [3.8, 4) is 0 Å². The zero-order valence-electron chi connectivity index (χ0n) is 17.4. The third kappa shape index (κ3) is 4.52. The predicted molar refractivity (Wildman–Crippen MR) is 120 cm³/mol. The number of para-hydroxylation sites is 1. The van der Waals surface area contributed by atoms with Gasteiger partial charge in [-0.15, -0.1) is 0 Å². The number of anilines is 2. The lowest BCUT2D eigenvalue weighted by molar-refractivity contribution is -0.127. The summed E-state index contributed by atoms with van der Waals surface area (Å²) in [5.74, 6) is -2.35. The van der Waals surface area contributed by atoms with Crippen LogP contribution in [0, 0.1) is 18.6 Å². The number of benzene rings is 2. The molecule has 2 fully saturated rings. The summed E-state index contributed by atoms with van der Waals surface area (Å²) in [6.07, 6.45) is 3.52. The molecule has 0 radical (unpaired) electrons. The number of imide groups is 1. The van der Waals surface area contributed by atoms with Crippen LogP contribution in [-0.4, -0.2) is 41.6 Å². The van der Waals surface area contributed by atoms with Gasteiger partial charge in [0.15, 0.2) is 0 Å². The van der Waals surface area contributed by atoms with Crippen molar-refractivity contribution in [1.82, 2.24) is 4.90 Å². The summed E-state index contributed by atoms with van der Waals surface area (Å²) < 4.78 is 28.4. The van der Waals surface area contributed by atoms with Crippen LogP contribution in [0.2, 0.25) is 0 Å². The van der Waals surface area contributed by atoms with Crippen LogP contribution in [-0.2, 0) is 9.59 Å². The average molecular weight is 458 g/mol. The number of nitrogens with zero attached hydrogens (tertiary/aromatic N) is 2. The molecular weight excluding hydrogens is 436 g/mol. The highest BCUT2D eigenvalue weighted by Crippen LogP contribution is 2.34. The maximum Gasteiger partial charge on any atom is 0.294 e. The van der Waals surface area contributed by atoms with E-state index >= 15 is 0 Å². The molecule has 2 heterocycles. The van der Waals surface area contributed by atoms with E-state index in [-0.39, 0.29) is 16.4 Å². The molecule has 32 heavy (non-hydrogen) atoms. The lowest BCUT2D eigenvalue weighted by atomic mass is 10.1. The first-order valence-corrected chi connectivity index (χ1v) is 11.0. The minimum atomic E-state index is -0.698. The molecule has 6 nitrogen and oxygen atoms in total. The summed E-state index contributed by atoms with van der Waals surface area (Å²) in [5.41, 5.74) is 1.77. The average Bonchev–Trinajstić information content (AvgIpc) is 3.37. The molecule has 0 atom stereocenters. The van der Waals surface area contributed by atoms with Gasteiger partial charge in [-0.3, -0.25) is 19.3 Å². The van der Waals surface area contributed by atoms with Crippen molar-refractivity contribution in [2.45, 2.75) is 19.8 Å². The van der Waals surface area contributed by atoms with E-state index in [1.807, 2.05) is 11.8 Å². The number of amides is 3. The summed E-state index contributed by atoms with van der Waals surface area (Å²) in [4.78, 5) is 40.1. The van der Waals surface area contributed by atoms with Crippen molar-refractivity contribution in [2.75, 3.05) is 29.9 Å². The number of halogens is 2. The second-order valence-corrected chi connectivity index (χ2v) is 8.64. The van der Waals surface area contributed by atoms with Crippen LogP contribution in [0.4, 0.5) is 25.0 Å². The van der Waals surface area contributed by atoms with E-state index in [2.05, 4.69) is 5.32 Å². The Bertz CT molecular complexity index is 1130. The molecule has 166 valence electrons. The summed E-state index contributed by atoms with van der Waals surface area (Å²) >= 11 is 0.684. The molecule has 2 aromatic rings. The van der Waals surface area contributed by atoms with Crippen molar-refractivity contribution in [1.29, 1.82) is 0 Å². The lowest BCUT2D eigenvalue weighted by Gasteiger charge is -2.19. The fraction of sp³-hybridized carbons (Fsp3) is 0.261. The standard InChI is InChI=1S/C23H21F2N3O3S/c1-14-10-19(27-8-4-5-9-27)17(25)11-15(14)12-20-22(30)28(23(31)32-20)13-21(29)26-18-7-3-2-6-16(18)24/h2-3,6-7,10-12H,4-5,8-9,13H2,1H3,(H,26,29). The third-order valence-corrected chi connectivity index (χ3v) is 6.30. The highest BCUT2D eigenvalue weighted by molar-refractivity contribution is 8.18. The molecule has 0 aromatic heterocycles. The minimum absolute atomic E-state index is 0.0378.